The summed E-state index contributed by atoms with van der Waals surface area (Å²) in [6.07, 6.45) is -1.67. The van der Waals surface area contributed by atoms with E-state index in [1.807, 2.05) is 41.5 Å². The van der Waals surface area contributed by atoms with E-state index >= 15 is 0 Å². The first kappa shape index (κ1) is 23.0. The van der Waals surface area contributed by atoms with Gasteiger partial charge in [0.25, 0.3) is 0 Å². The Morgan fingerprint density at radius 3 is 1.74 bits per heavy atom. The van der Waals surface area contributed by atoms with Crippen molar-refractivity contribution < 1.29 is 24.1 Å². The molecule has 7 heteroatoms. The summed E-state index contributed by atoms with van der Waals surface area (Å²) in [6.45, 7) is 18.6. The second kappa shape index (κ2) is 7.51. The standard InChI is InChI=1S/C16H36NO5P/c1-11-21-23(10,20)12(14(2,3)4)17(15(5,6)7)22-16(8,9)13(18)19/h12-13,18-19H,11H2,1-10H3. The summed E-state index contributed by atoms with van der Waals surface area (Å²) in [4.78, 5) is 5.97. The molecule has 0 aromatic heterocycles. The van der Waals surface area contributed by atoms with Gasteiger partial charge in [-0.2, -0.15) is 5.06 Å². The average Bonchev–Trinajstić information content (AvgIpc) is 2.23. The molecule has 0 bridgehead atoms. The molecule has 2 unspecified atom stereocenters. The topological polar surface area (TPSA) is 79.2 Å². The fourth-order valence-electron chi connectivity index (χ4n) is 2.43. The molecular weight excluding hydrogens is 317 g/mol. The zero-order valence-corrected chi connectivity index (χ0v) is 17.3. The molecule has 2 N–H and O–H groups in total. The van der Waals surface area contributed by atoms with Crippen LogP contribution in [-0.2, 0) is 13.9 Å². The number of hydrogen-bond donors (Lipinski definition) is 2. The van der Waals surface area contributed by atoms with Crippen molar-refractivity contribution in [3.8, 4) is 0 Å². The quantitative estimate of drug-likeness (QED) is 0.415. The van der Waals surface area contributed by atoms with Crippen LogP contribution in [0.1, 0.15) is 62.3 Å². The molecule has 0 aromatic rings. The van der Waals surface area contributed by atoms with Gasteiger partial charge in [0.1, 0.15) is 11.4 Å². The lowest BCUT2D eigenvalue weighted by atomic mass is 9.94. The third kappa shape index (κ3) is 6.45. The van der Waals surface area contributed by atoms with Crippen LogP contribution in [-0.4, -0.2) is 51.8 Å². The van der Waals surface area contributed by atoms with Crippen LogP contribution < -0.4 is 0 Å². The van der Waals surface area contributed by atoms with Crippen molar-refractivity contribution in [1.29, 1.82) is 0 Å². The highest BCUT2D eigenvalue weighted by Gasteiger charge is 2.49. The van der Waals surface area contributed by atoms with Crippen molar-refractivity contribution in [3.63, 3.8) is 0 Å². The lowest BCUT2D eigenvalue weighted by molar-refractivity contribution is -0.335. The molecule has 0 radical (unpaired) electrons. The number of nitrogens with zero attached hydrogens (tertiary/aromatic N) is 1. The molecule has 0 aliphatic rings. The Kier molecular flexibility index (Phi) is 7.52. The van der Waals surface area contributed by atoms with Crippen molar-refractivity contribution in [3.05, 3.63) is 0 Å². The zero-order chi connectivity index (χ0) is 18.9. The Balaban J connectivity index is 6.04. The summed E-state index contributed by atoms with van der Waals surface area (Å²) in [6, 6.07) is 0. The van der Waals surface area contributed by atoms with Crippen LogP contribution in [0.15, 0.2) is 0 Å². The SMILES string of the molecule is CCOP(C)(=O)C(N(OC(C)(C)C(O)O)C(C)(C)C)C(C)(C)C. The van der Waals surface area contributed by atoms with E-state index in [1.165, 1.54) is 0 Å². The average molecular weight is 353 g/mol. The number of rotatable bonds is 7. The minimum absolute atomic E-state index is 0.338. The highest BCUT2D eigenvalue weighted by Crippen LogP contribution is 2.57. The minimum atomic E-state index is -3.06. The highest BCUT2D eigenvalue weighted by atomic mass is 31.2. The summed E-state index contributed by atoms with van der Waals surface area (Å²) in [5.41, 5.74) is -2.18. The van der Waals surface area contributed by atoms with E-state index in [4.69, 9.17) is 9.36 Å². The van der Waals surface area contributed by atoms with E-state index in [0.29, 0.717) is 6.61 Å². The number of hydroxylamine groups is 2. The molecule has 0 fully saturated rings. The molecule has 0 aromatic carbocycles. The van der Waals surface area contributed by atoms with Gasteiger partial charge in [0.2, 0.25) is 7.37 Å². The van der Waals surface area contributed by atoms with Crippen LogP contribution >= 0.6 is 7.37 Å². The fourth-order valence-corrected chi connectivity index (χ4v) is 5.26. The third-order valence-corrected chi connectivity index (χ3v) is 6.09. The van der Waals surface area contributed by atoms with Gasteiger partial charge in [0, 0.05) is 12.2 Å². The monoisotopic (exact) mass is 353 g/mol. The van der Waals surface area contributed by atoms with Gasteiger partial charge in [0.05, 0.1) is 6.61 Å². The maximum atomic E-state index is 13.2. The zero-order valence-electron chi connectivity index (χ0n) is 16.4. The molecule has 6 nitrogen and oxygen atoms in total. The van der Waals surface area contributed by atoms with Gasteiger partial charge in [-0.25, -0.2) is 0 Å². The highest BCUT2D eigenvalue weighted by molar-refractivity contribution is 7.58. The maximum absolute atomic E-state index is 13.2. The molecule has 0 aliphatic heterocycles. The van der Waals surface area contributed by atoms with Gasteiger partial charge < -0.3 is 14.7 Å². The number of hydrogen-bond acceptors (Lipinski definition) is 6. The lowest BCUT2D eigenvalue weighted by Gasteiger charge is -2.50. The molecule has 2 atom stereocenters. The van der Waals surface area contributed by atoms with Gasteiger partial charge in [-0.05, 0) is 47.0 Å². The molecule has 0 saturated heterocycles. The van der Waals surface area contributed by atoms with Crippen molar-refractivity contribution >= 4 is 7.37 Å². The Labute approximate surface area is 141 Å². The molecule has 140 valence electrons. The second-order valence-corrected chi connectivity index (χ2v) is 11.2. The van der Waals surface area contributed by atoms with Gasteiger partial charge in [0.15, 0.2) is 6.29 Å². The normalized spacial score (nSPS) is 18.3. The number of aliphatic hydroxyl groups excluding tert-OH is 1. The van der Waals surface area contributed by atoms with E-state index in [9.17, 15) is 14.8 Å². The van der Waals surface area contributed by atoms with E-state index < -0.39 is 36.0 Å². The number of aliphatic hydroxyl groups is 2. The summed E-state index contributed by atoms with van der Waals surface area (Å²) in [5.74, 6) is -0.548. The van der Waals surface area contributed by atoms with E-state index in [1.54, 1.807) is 32.5 Å². The maximum Gasteiger partial charge on any atom is 0.219 e. The Hall–Kier alpha value is 0.0300. The van der Waals surface area contributed by atoms with Crippen molar-refractivity contribution in [2.75, 3.05) is 13.3 Å². The van der Waals surface area contributed by atoms with Crippen LogP contribution in [0.2, 0.25) is 0 Å². The van der Waals surface area contributed by atoms with Crippen LogP contribution in [0.3, 0.4) is 0 Å². The summed E-state index contributed by atoms with van der Waals surface area (Å²) >= 11 is 0. The molecule has 0 heterocycles. The van der Waals surface area contributed by atoms with Crippen molar-refractivity contribution in [2.45, 2.75) is 85.5 Å². The summed E-state index contributed by atoms with van der Waals surface area (Å²) < 4.78 is 18.8. The predicted molar refractivity (Wildman–Crippen MR) is 93.4 cm³/mol. The smallest absolute Gasteiger partial charge is 0.219 e. The van der Waals surface area contributed by atoms with Gasteiger partial charge >= 0.3 is 0 Å². The second-order valence-electron chi connectivity index (χ2n) is 8.63. The summed E-state index contributed by atoms with van der Waals surface area (Å²) in [5, 5.41) is 20.8. The molecule has 0 rings (SSSR count). The minimum Gasteiger partial charge on any atom is -0.366 e. The van der Waals surface area contributed by atoms with Crippen LogP contribution in [0.25, 0.3) is 0 Å². The predicted octanol–water partition coefficient (Wildman–Crippen LogP) is 3.42. The van der Waals surface area contributed by atoms with Crippen molar-refractivity contribution in [2.24, 2.45) is 5.41 Å². The Morgan fingerprint density at radius 1 is 1.04 bits per heavy atom. The molecule has 23 heavy (non-hydrogen) atoms. The molecule has 0 saturated carbocycles. The Bertz CT molecular complexity index is 423. The van der Waals surface area contributed by atoms with Crippen LogP contribution in [0, 0.1) is 5.41 Å². The fraction of sp³-hybridized carbons (Fsp3) is 1.00. The first-order valence-corrected chi connectivity index (χ1v) is 10.2. The van der Waals surface area contributed by atoms with E-state index in [-0.39, 0.29) is 0 Å². The van der Waals surface area contributed by atoms with Gasteiger partial charge in [-0.3, -0.25) is 9.40 Å². The first-order chi connectivity index (χ1) is 9.97. The third-order valence-electron chi connectivity index (χ3n) is 3.44. The van der Waals surface area contributed by atoms with E-state index in [2.05, 4.69) is 0 Å². The largest absolute Gasteiger partial charge is 0.366 e. The van der Waals surface area contributed by atoms with Gasteiger partial charge in [-0.1, -0.05) is 20.8 Å². The Morgan fingerprint density at radius 2 is 1.48 bits per heavy atom. The first-order valence-electron chi connectivity index (χ1n) is 8.03. The van der Waals surface area contributed by atoms with Crippen molar-refractivity contribution in [1.82, 2.24) is 5.06 Å². The van der Waals surface area contributed by atoms with Gasteiger partial charge in [-0.15, -0.1) is 0 Å². The summed E-state index contributed by atoms with van der Waals surface area (Å²) in [7, 11) is -3.06. The molecule has 0 spiro atoms. The lowest BCUT2D eigenvalue weighted by Crippen LogP contribution is -2.58. The van der Waals surface area contributed by atoms with Crippen LogP contribution in [0.4, 0.5) is 0 Å². The van der Waals surface area contributed by atoms with Crippen LogP contribution in [0.5, 0.6) is 0 Å². The molecule has 0 aliphatic carbocycles. The van der Waals surface area contributed by atoms with E-state index in [0.717, 1.165) is 0 Å². The molecular formula is C16H36NO5P. The molecule has 0 amide bonds.